The standard InChI is InChI=1S/C13H21BrOSi/c1-5-13(11-14,15-16(2,3)4)12-9-7-6-8-10-12/h6-10H,5,11H2,1-4H3. The number of hydrogen-bond acceptors (Lipinski definition) is 1. The van der Waals surface area contributed by atoms with Gasteiger partial charge in [0.25, 0.3) is 0 Å². The molecule has 0 N–H and O–H groups in total. The van der Waals surface area contributed by atoms with Crippen molar-refractivity contribution in [2.24, 2.45) is 0 Å². The first-order valence-corrected chi connectivity index (χ1v) is 10.3. The van der Waals surface area contributed by atoms with Gasteiger partial charge in [-0.1, -0.05) is 53.2 Å². The lowest BCUT2D eigenvalue weighted by atomic mass is 9.93. The fourth-order valence-electron chi connectivity index (χ4n) is 1.86. The molecule has 3 heteroatoms. The van der Waals surface area contributed by atoms with Crippen molar-refractivity contribution < 1.29 is 4.43 Å². The van der Waals surface area contributed by atoms with Gasteiger partial charge in [0.1, 0.15) is 0 Å². The van der Waals surface area contributed by atoms with Crippen molar-refractivity contribution in [2.75, 3.05) is 5.33 Å². The smallest absolute Gasteiger partial charge is 0.185 e. The zero-order chi connectivity index (χ0) is 12.2. The topological polar surface area (TPSA) is 9.23 Å². The van der Waals surface area contributed by atoms with Gasteiger partial charge < -0.3 is 4.43 Å². The first-order chi connectivity index (χ1) is 7.43. The monoisotopic (exact) mass is 300 g/mol. The van der Waals surface area contributed by atoms with E-state index in [1.165, 1.54) is 5.56 Å². The van der Waals surface area contributed by atoms with E-state index in [0.29, 0.717) is 0 Å². The summed E-state index contributed by atoms with van der Waals surface area (Å²) < 4.78 is 6.40. The van der Waals surface area contributed by atoms with Crippen LogP contribution in [0, 0.1) is 0 Å². The van der Waals surface area contributed by atoms with Crippen molar-refractivity contribution >= 4 is 24.2 Å². The first kappa shape index (κ1) is 13.9. The Labute approximate surface area is 108 Å². The molecule has 0 saturated heterocycles. The number of halogens is 1. The molecule has 0 aromatic heterocycles. The Morgan fingerprint density at radius 3 is 2.12 bits per heavy atom. The number of alkyl halides is 1. The van der Waals surface area contributed by atoms with Gasteiger partial charge in [0, 0.05) is 5.33 Å². The van der Waals surface area contributed by atoms with Crippen molar-refractivity contribution in [3.8, 4) is 0 Å². The molecule has 1 nitrogen and oxygen atoms in total. The van der Waals surface area contributed by atoms with Crippen LogP contribution in [0.2, 0.25) is 19.6 Å². The molecule has 0 aliphatic heterocycles. The van der Waals surface area contributed by atoms with Crippen molar-refractivity contribution in [3.63, 3.8) is 0 Å². The average Bonchev–Trinajstić information content (AvgIpc) is 2.26. The molecule has 1 unspecified atom stereocenters. The number of benzene rings is 1. The normalized spacial score (nSPS) is 15.8. The maximum absolute atomic E-state index is 6.40. The summed E-state index contributed by atoms with van der Waals surface area (Å²) >= 11 is 3.62. The highest BCUT2D eigenvalue weighted by atomic mass is 79.9. The molecule has 0 fully saturated rings. The Hall–Kier alpha value is -0.123. The van der Waals surface area contributed by atoms with Crippen molar-refractivity contribution in [1.29, 1.82) is 0 Å². The number of hydrogen-bond donors (Lipinski definition) is 0. The third-order valence-corrected chi connectivity index (χ3v) is 4.50. The highest BCUT2D eigenvalue weighted by Gasteiger charge is 2.35. The Morgan fingerprint density at radius 2 is 1.75 bits per heavy atom. The molecule has 90 valence electrons. The molecule has 0 aliphatic carbocycles. The van der Waals surface area contributed by atoms with Gasteiger partial charge >= 0.3 is 0 Å². The van der Waals surface area contributed by atoms with E-state index in [4.69, 9.17) is 4.43 Å². The van der Waals surface area contributed by atoms with E-state index in [9.17, 15) is 0 Å². The fraction of sp³-hybridized carbons (Fsp3) is 0.538. The molecule has 16 heavy (non-hydrogen) atoms. The van der Waals surface area contributed by atoms with Crippen LogP contribution >= 0.6 is 15.9 Å². The Bertz CT molecular complexity index is 314. The van der Waals surface area contributed by atoms with Gasteiger partial charge in [-0.05, 0) is 31.6 Å². The van der Waals surface area contributed by atoms with Crippen LogP contribution in [-0.4, -0.2) is 13.6 Å². The zero-order valence-electron chi connectivity index (χ0n) is 10.6. The first-order valence-electron chi connectivity index (χ1n) is 5.75. The lowest BCUT2D eigenvalue weighted by Crippen LogP contribution is -2.41. The molecule has 0 saturated carbocycles. The zero-order valence-corrected chi connectivity index (χ0v) is 13.2. The van der Waals surface area contributed by atoms with E-state index in [0.717, 1.165) is 11.8 Å². The molecule has 0 bridgehead atoms. The quantitative estimate of drug-likeness (QED) is 0.573. The van der Waals surface area contributed by atoms with Gasteiger partial charge in [0.05, 0.1) is 5.60 Å². The van der Waals surface area contributed by atoms with Crippen molar-refractivity contribution in [3.05, 3.63) is 35.9 Å². The van der Waals surface area contributed by atoms with Gasteiger partial charge in [0.15, 0.2) is 8.32 Å². The summed E-state index contributed by atoms with van der Waals surface area (Å²) in [5.74, 6) is 0. The van der Waals surface area contributed by atoms with Crippen molar-refractivity contribution in [1.82, 2.24) is 0 Å². The van der Waals surface area contributed by atoms with Crippen LogP contribution in [-0.2, 0) is 10.0 Å². The van der Waals surface area contributed by atoms with Gasteiger partial charge in [0.2, 0.25) is 0 Å². The number of rotatable bonds is 5. The van der Waals surface area contributed by atoms with E-state index in [1.54, 1.807) is 0 Å². The average molecular weight is 301 g/mol. The van der Waals surface area contributed by atoms with E-state index in [-0.39, 0.29) is 5.60 Å². The van der Waals surface area contributed by atoms with E-state index >= 15 is 0 Å². The summed E-state index contributed by atoms with van der Waals surface area (Å²) in [6.07, 6.45) is 0.993. The second kappa shape index (κ2) is 5.47. The molecule has 0 heterocycles. The predicted octanol–water partition coefficient (Wildman–Crippen LogP) is 4.54. The maximum atomic E-state index is 6.40. The summed E-state index contributed by atoms with van der Waals surface area (Å²) in [6.45, 7) is 8.91. The second-order valence-corrected chi connectivity index (χ2v) is 10.1. The molecule has 0 amide bonds. The molecule has 0 spiro atoms. The van der Waals surface area contributed by atoms with Crippen LogP contribution in [0.5, 0.6) is 0 Å². The van der Waals surface area contributed by atoms with Crippen LogP contribution < -0.4 is 0 Å². The Morgan fingerprint density at radius 1 is 1.19 bits per heavy atom. The third-order valence-electron chi connectivity index (χ3n) is 2.59. The summed E-state index contributed by atoms with van der Waals surface area (Å²) in [7, 11) is -1.55. The van der Waals surface area contributed by atoms with Gasteiger partial charge in [-0.2, -0.15) is 0 Å². The summed E-state index contributed by atoms with van der Waals surface area (Å²) in [5.41, 5.74) is 1.11. The van der Waals surface area contributed by atoms with Gasteiger partial charge in [-0.3, -0.25) is 0 Å². The van der Waals surface area contributed by atoms with E-state index < -0.39 is 8.32 Å². The Kier molecular flexibility index (Phi) is 4.77. The van der Waals surface area contributed by atoms with E-state index in [2.05, 4.69) is 66.8 Å². The molecule has 1 atom stereocenters. The molecule has 0 radical (unpaired) electrons. The minimum atomic E-state index is -1.55. The molecule has 0 aliphatic rings. The van der Waals surface area contributed by atoms with Crippen LogP contribution in [0.15, 0.2) is 30.3 Å². The van der Waals surface area contributed by atoms with Gasteiger partial charge in [-0.15, -0.1) is 0 Å². The van der Waals surface area contributed by atoms with E-state index in [1.807, 2.05) is 6.07 Å². The molecule has 1 rings (SSSR count). The van der Waals surface area contributed by atoms with Crippen LogP contribution in [0.25, 0.3) is 0 Å². The largest absolute Gasteiger partial charge is 0.407 e. The summed E-state index contributed by atoms with van der Waals surface area (Å²) in [6, 6.07) is 10.5. The molecular formula is C13H21BrOSi. The SMILES string of the molecule is CCC(CBr)(O[Si](C)(C)C)c1ccccc1. The molecule has 1 aromatic carbocycles. The second-order valence-electron chi connectivity index (χ2n) is 5.06. The summed E-state index contributed by atoms with van der Waals surface area (Å²) in [4.78, 5) is 0. The highest BCUT2D eigenvalue weighted by molar-refractivity contribution is 9.09. The Balaban J connectivity index is 3.06. The minimum Gasteiger partial charge on any atom is -0.407 e. The maximum Gasteiger partial charge on any atom is 0.185 e. The minimum absolute atomic E-state index is 0.161. The van der Waals surface area contributed by atoms with Crippen LogP contribution in [0.3, 0.4) is 0 Å². The molecule has 1 aromatic rings. The molecular weight excluding hydrogens is 280 g/mol. The van der Waals surface area contributed by atoms with Crippen LogP contribution in [0.1, 0.15) is 18.9 Å². The van der Waals surface area contributed by atoms with Crippen molar-refractivity contribution in [2.45, 2.75) is 38.6 Å². The highest BCUT2D eigenvalue weighted by Crippen LogP contribution is 2.34. The van der Waals surface area contributed by atoms with Gasteiger partial charge in [-0.25, -0.2) is 0 Å². The summed E-state index contributed by atoms with van der Waals surface area (Å²) in [5, 5.41) is 0.852. The lowest BCUT2D eigenvalue weighted by molar-refractivity contribution is 0.0807. The van der Waals surface area contributed by atoms with Crippen LogP contribution in [0.4, 0.5) is 0 Å². The lowest BCUT2D eigenvalue weighted by Gasteiger charge is -2.38. The fourth-order valence-corrected chi connectivity index (χ4v) is 4.41. The third kappa shape index (κ3) is 3.44. The predicted molar refractivity (Wildman–Crippen MR) is 76.6 cm³/mol.